The van der Waals surface area contributed by atoms with E-state index >= 15 is 0 Å². The van der Waals surface area contributed by atoms with Crippen molar-refractivity contribution < 1.29 is 14.3 Å². The molecule has 0 saturated carbocycles. The van der Waals surface area contributed by atoms with Gasteiger partial charge in [-0.05, 0) is 50.8 Å². The molecular formula is C28H31FN8O2. The van der Waals surface area contributed by atoms with Crippen molar-refractivity contribution in [2.45, 2.75) is 45.2 Å². The number of nitrogens with zero attached hydrogens (tertiary/aromatic N) is 7. The van der Waals surface area contributed by atoms with E-state index in [2.05, 4.69) is 36.9 Å². The summed E-state index contributed by atoms with van der Waals surface area (Å²) in [4.78, 5) is 26.2. The average molecular weight is 531 g/mol. The van der Waals surface area contributed by atoms with E-state index in [4.69, 9.17) is 5.73 Å². The molecule has 39 heavy (non-hydrogen) atoms. The summed E-state index contributed by atoms with van der Waals surface area (Å²) < 4.78 is 14.9. The summed E-state index contributed by atoms with van der Waals surface area (Å²) in [5, 5.41) is 18.6. The summed E-state index contributed by atoms with van der Waals surface area (Å²) in [6.07, 6.45) is 3.24. The van der Waals surface area contributed by atoms with Crippen LogP contribution in [0.1, 0.15) is 38.9 Å². The second-order valence-electron chi connectivity index (χ2n) is 9.91. The van der Waals surface area contributed by atoms with Crippen molar-refractivity contribution in [2.75, 3.05) is 41.7 Å². The summed E-state index contributed by atoms with van der Waals surface area (Å²) in [5.74, 6) is 6.25. The van der Waals surface area contributed by atoms with E-state index in [1.54, 1.807) is 23.1 Å². The minimum Gasteiger partial charge on any atom is -0.507 e. The van der Waals surface area contributed by atoms with Crippen molar-refractivity contribution in [1.82, 2.24) is 25.1 Å². The van der Waals surface area contributed by atoms with Crippen molar-refractivity contribution in [3.05, 3.63) is 48.2 Å². The van der Waals surface area contributed by atoms with Crippen LogP contribution in [0.3, 0.4) is 0 Å². The molecule has 3 aromatic rings. The number of anilines is 3. The molecule has 2 atom stereocenters. The molecule has 1 aromatic carbocycles. The van der Waals surface area contributed by atoms with Crippen LogP contribution in [0.25, 0.3) is 11.3 Å². The average Bonchev–Trinajstić information content (AvgIpc) is 3.12. The molecule has 2 aromatic heterocycles. The monoisotopic (exact) mass is 530 g/mol. The number of para-hydroxylation sites is 1. The number of carbonyl (C=O) groups excluding carboxylic acids is 1. The fraction of sp³-hybridized carbons (Fsp3) is 0.393. The van der Waals surface area contributed by atoms with Crippen LogP contribution in [0.5, 0.6) is 5.75 Å². The number of likely N-dealkylation sites (tertiary alicyclic amines) is 1. The van der Waals surface area contributed by atoms with Crippen LogP contribution in [0, 0.1) is 17.7 Å². The molecule has 0 aliphatic carbocycles. The molecule has 1 amide bonds. The largest absolute Gasteiger partial charge is 0.507 e. The van der Waals surface area contributed by atoms with Gasteiger partial charge in [0.2, 0.25) is 11.7 Å². The van der Waals surface area contributed by atoms with E-state index in [1.165, 1.54) is 0 Å². The maximum absolute atomic E-state index is 14.9. The molecule has 0 radical (unpaired) electrons. The van der Waals surface area contributed by atoms with Gasteiger partial charge in [-0.15, -0.1) is 10.2 Å². The number of aromatic nitrogens is 4. The summed E-state index contributed by atoms with van der Waals surface area (Å²) >= 11 is 0. The molecule has 11 heteroatoms. The number of rotatable bonds is 4. The van der Waals surface area contributed by atoms with Crippen LogP contribution in [0.15, 0.2) is 36.5 Å². The Labute approximate surface area is 226 Å². The molecular weight excluding hydrogens is 499 g/mol. The number of amides is 1. The Bertz CT molecular complexity index is 1440. The van der Waals surface area contributed by atoms with Crippen molar-refractivity contribution in [2.24, 2.45) is 0 Å². The second-order valence-corrected chi connectivity index (χ2v) is 9.91. The number of carbonyl (C=O) groups is 1. The maximum Gasteiger partial charge on any atom is 0.223 e. The highest BCUT2D eigenvalue weighted by molar-refractivity contribution is 5.79. The molecule has 2 aliphatic heterocycles. The van der Waals surface area contributed by atoms with E-state index in [9.17, 15) is 14.3 Å². The third kappa shape index (κ3) is 5.55. The third-order valence-electron chi connectivity index (χ3n) is 7.36. The van der Waals surface area contributed by atoms with Crippen LogP contribution in [-0.4, -0.2) is 74.3 Å². The highest BCUT2D eigenvalue weighted by Crippen LogP contribution is 2.32. The Hall–Kier alpha value is -4.46. The molecule has 0 bridgehead atoms. The predicted molar refractivity (Wildman–Crippen MR) is 146 cm³/mol. The number of hydrogen-bond donors (Lipinski definition) is 2. The van der Waals surface area contributed by atoms with Crippen molar-refractivity contribution in [1.29, 1.82) is 0 Å². The summed E-state index contributed by atoms with van der Waals surface area (Å²) in [6.45, 7) is 6.02. The van der Waals surface area contributed by atoms with Gasteiger partial charge in [0.05, 0.1) is 24.1 Å². The van der Waals surface area contributed by atoms with Gasteiger partial charge in [-0.2, -0.15) is 0 Å². The number of nitrogen functional groups attached to an aromatic ring is 1. The molecule has 2 unspecified atom stereocenters. The molecule has 5 rings (SSSR count). The Morgan fingerprint density at radius 2 is 1.95 bits per heavy atom. The van der Waals surface area contributed by atoms with Gasteiger partial charge in [0, 0.05) is 43.7 Å². The first-order chi connectivity index (χ1) is 18.8. The maximum atomic E-state index is 14.9. The summed E-state index contributed by atoms with van der Waals surface area (Å²) in [6, 6.07) is 8.90. The molecule has 4 heterocycles. The second kappa shape index (κ2) is 11.1. The van der Waals surface area contributed by atoms with Gasteiger partial charge in [0.25, 0.3) is 0 Å². The highest BCUT2D eigenvalue weighted by atomic mass is 19.1. The molecule has 10 nitrogen and oxygen atoms in total. The minimum atomic E-state index is -0.517. The summed E-state index contributed by atoms with van der Waals surface area (Å²) in [5.41, 5.74) is 8.00. The quantitative estimate of drug-likeness (QED) is 0.490. The van der Waals surface area contributed by atoms with Crippen LogP contribution in [-0.2, 0) is 4.79 Å². The topological polar surface area (TPSA) is 125 Å². The third-order valence-corrected chi connectivity index (χ3v) is 7.36. The first-order valence-electron chi connectivity index (χ1n) is 13.1. The van der Waals surface area contributed by atoms with Gasteiger partial charge in [-0.25, -0.2) is 14.4 Å². The standard InChI is InChI=1S/C28H31FN8O2/c1-18-9-10-26(39)36(18)12-5-8-25-31-17-21(29)28(32-25)37-15-14-35(13-11-19(37)2)23-16-22(33-34-27(23)30)20-6-3-4-7-24(20)38/h3-4,6-7,16-19,38H,9-15H2,1-2H3,(H2,30,34). The molecule has 2 saturated heterocycles. The van der Waals surface area contributed by atoms with E-state index in [1.807, 2.05) is 30.9 Å². The fourth-order valence-electron chi connectivity index (χ4n) is 5.03. The minimum absolute atomic E-state index is 0.0167. The zero-order valence-electron chi connectivity index (χ0n) is 22.0. The van der Waals surface area contributed by atoms with Crippen LogP contribution >= 0.6 is 0 Å². The Kier molecular flexibility index (Phi) is 7.45. The van der Waals surface area contributed by atoms with Crippen LogP contribution < -0.4 is 15.5 Å². The molecule has 202 valence electrons. The molecule has 2 fully saturated rings. The Morgan fingerprint density at radius 1 is 1.13 bits per heavy atom. The van der Waals surface area contributed by atoms with Crippen molar-refractivity contribution in [3.8, 4) is 28.8 Å². The van der Waals surface area contributed by atoms with Gasteiger partial charge in [0.15, 0.2) is 17.5 Å². The van der Waals surface area contributed by atoms with Crippen LogP contribution in [0.4, 0.5) is 21.7 Å². The smallest absolute Gasteiger partial charge is 0.223 e. The number of nitrogens with two attached hydrogens (primary N) is 1. The number of aromatic hydroxyl groups is 1. The lowest BCUT2D eigenvalue weighted by molar-refractivity contribution is -0.128. The number of benzene rings is 1. The SMILES string of the molecule is CC1CCC(=O)N1CC#Cc1ncc(F)c(N2CCN(c3cc(-c4ccccc4O)nnc3N)CCC2C)n1. The first-order valence-corrected chi connectivity index (χ1v) is 13.1. The van der Waals surface area contributed by atoms with E-state index in [0.717, 1.165) is 12.6 Å². The number of phenols is 1. The van der Waals surface area contributed by atoms with Gasteiger partial charge in [-0.3, -0.25) is 4.79 Å². The summed E-state index contributed by atoms with van der Waals surface area (Å²) in [7, 11) is 0. The van der Waals surface area contributed by atoms with E-state index in [-0.39, 0.29) is 41.2 Å². The van der Waals surface area contributed by atoms with Gasteiger partial charge in [0.1, 0.15) is 5.75 Å². The van der Waals surface area contributed by atoms with Crippen molar-refractivity contribution in [3.63, 3.8) is 0 Å². The fourth-order valence-corrected chi connectivity index (χ4v) is 5.03. The Balaban J connectivity index is 1.34. The predicted octanol–water partition coefficient (Wildman–Crippen LogP) is 2.83. The number of phenolic OH excluding ortho intramolecular Hbond substituents is 1. The molecule has 3 N–H and O–H groups in total. The lowest BCUT2D eigenvalue weighted by atomic mass is 10.1. The zero-order chi connectivity index (χ0) is 27.5. The van der Waals surface area contributed by atoms with Gasteiger partial charge < -0.3 is 25.5 Å². The number of halogens is 1. The molecule has 2 aliphatic rings. The van der Waals surface area contributed by atoms with E-state index < -0.39 is 5.82 Å². The first kappa shape index (κ1) is 26.2. The Morgan fingerprint density at radius 3 is 2.72 bits per heavy atom. The van der Waals surface area contributed by atoms with Crippen molar-refractivity contribution >= 4 is 23.2 Å². The van der Waals surface area contributed by atoms with Gasteiger partial charge in [-0.1, -0.05) is 18.1 Å². The lowest BCUT2D eigenvalue weighted by Crippen LogP contribution is -2.36. The van der Waals surface area contributed by atoms with E-state index in [0.29, 0.717) is 56.0 Å². The van der Waals surface area contributed by atoms with Crippen LogP contribution in [0.2, 0.25) is 0 Å². The highest BCUT2D eigenvalue weighted by Gasteiger charge is 2.27. The molecule has 0 spiro atoms. The lowest BCUT2D eigenvalue weighted by Gasteiger charge is -2.28. The van der Waals surface area contributed by atoms with Gasteiger partial charge >= 0.3 is 0 Å². The number of hydrogen-bond acceptors (Lipinski definition) is 9. The zero-order valence-corrected chi connectivity index (χ0v) is 22.0. The normalized spacial score (nSPS) is 19.6.